The zero-order valence-electron chi connectivity index (χ0n) is 15.0. The maximum atomic E-state index is 12.4. The number of Topliss-reactive ketones (excluding diaryl/α,β-unsaturated/α-hetero) is 1. The third-order valence-electron chi connectivity index (χ3n) is 4.03. The van der Waals surface area contributed by atoms with E-state index in [4.69, 9.17) is 27.9 Å². The summed E-state index contributed by atoms with van der Waals surface area (Å²) in [5.74, 6) is 0.146. The van der Waals surface area contributed by atoms with Gasteiger partial charge in [0.2, 0.25) is 5.78 Å². The van der Waals surface area contributed by atoms with Crippen LogP contribution >= 0.6 is 23.2 Å². The SMILES string of the molecule is CC(Oc1ccc(NC(=O)c2ccc(Cl)cc2)cc1)C(=O)c1ccc(Cl)cc1. The molecule has 0 fully saturated rings. The fraction of sp³-hybridized carbons (Fsp3) is 0.0909. The first-order valence-electron chi connectivity index (χ1n) is 8.56. The number of hydrogen-bond donors (Lipinski definition) is 1. The van der Waals surface area contributed by atoms with Crippen LogP contribution in [0.2, 0.25) is 10.0 Å². The average molecular weight is 414 g/mol. The number of benzene rings is 3. The fourth-order valence-electron chi connectivity index (χ4n) is 2.53. The minimum atomic E-state index is -0.657. The number of amides is 1. The van der Waals surface area contributed by atoms with Gasteiger partial charge >= 0.3 is 0 Å². The van der Waals surface area contributed by atoms with Crippen molar-refractivity contribution in [1.82, 2.24) is 0 Å². The lowest BCUT2D eigenvalue weighted by molar-refractivity contribution is 0.0818. The van der Waals surface area contributed by atoms with Gasteiger partial charge in [-0.25, -0.2) is 0 Å². The van der Waals surface area contributed by atoms with E-state index in [1.165, 1.54) is 0 Å². The van der Waals surface area contributed by atoms with Crippen molar-refractivity contribution in [2.75, 3.05) is 5.32 Å². The van der Waals surface area contributed by atoms with Gasteiger partial charge in [-0.3, -0.25) is 9.59 Å². The molecule has 0 aliphatic carbocycles. The summed E-state index contributed by atoms with van der Waals surface area (Å²) in [6.45, 7) is 1.69. The Bertz CT molecular complexity index is 968. The minimum Gasteiger partial charge on any atom is -0.483 e. The molecule has 0 aliphatic rings. The van der Waals surface area contributed by atoms with E-state index in [1.807, 2.05) is 0 Å². The van der Waals surface area contributed by atoms with Crippen LogP contribution < -0.4 is 10.1 Å². The smallest absolute Gasteiger partial charge is 0.255 e. The quantitative estimate of drug-likeness (QED) is 0.512. The Kier molecular flexibility index (Phi) is 6.34. The molecule has 1 unspecified atom stereocenters. The van der Waals surface area contributed by atoms with Gasteiger partial charge < -0.3 is 10.1 Å². The molecule has 3 rings (SSSR count). The highest BCUT2D eigenvalue weighted by Crippen LogP contribution is 2.20. The Hall–Kier alpha value is -2.82. The first-order chi connectivity index (χ1) is 13.4. The number of anilines is 1. The van der Waals surface area contributed by atoms with Crippen LogP contribution in [0.25, 0.3) is 0 Å². The summed E-state index contributed by atoms with van der Waals surface area (Å²) in [4.78, 5) is 24.6. The number of carbonyl (C=O) groups is 2. The zero-order valence-corrected chi connectivity index (χ0v) is 16.5. The summed E-state index contributed by atoms with van der Waals surface area (Å²) >= 11 is 11.7. The van der Waals surface area contributed by atoms with E-state index in [0.717, 1.165) is 0 Å². The predicted molar refractivity (Wildman–Crippen MR) is 112 cm³/mol. The Morgan fingerprint density at radius 1 is 0.786 bits per heavy atom. The minimum absolute atomic E-state index is 0.142. The van der Waals surface area contributed by atoms with Crippen molar-refractivity contribution < 1.29 is 14.3 Å². The Morgan fingerprint density at radius 3 is 1.82 bits per heavy atom. The van der Waals surface area contributed by atoms with E-state index in [9.17, 15) is 9.59 Å². The van der Waals surface area contributed by atoms with Crippen molar-refractivity contribution in [3.05, 3.63) is 94.0 Å². The van der Waals surface area contributed by atoms with E-state index < -0.39 is 6.10 Å². The molecule has 1 amide bonds. The van der Waals surface area contributed by atoms with Crippen LogP contribution in [0.1, 0.15) is 27.6 Å². The number of ketones is 1. The van der Waals surface area contributed by atoms with E-state index in [0.29, 0.717) is 32.6 Å². The van der Waals surface area contributed by atoms with Gasteiger partial charge in [-0.1, -0.05) is 23.2 Å². The van der Waals surface area contributed by atoms with Crippen LogP contribution in [0.4, 0.5) is 5.69 Å². The topological polar surface area (TPSA) is 55.4 Å². The molecule has 0 aromatic heterocycles. The second-order valence-corrected chi connectivity index (χ2v) is 6.99. The number of hydrogen-bond acceptors (Lipinski definition) is 3. The number of halogens is 2. The standard InChI is InChI=1S/C22H17Cl2NO3/c1-14(21(26)15-2-6-17(23)7-3-15)28-20-12-10-19(11-13-20)25-22(27)16-4-8-18(24)9-5-16/h2-14H,1H3,(H,25,27). The van der Waals surface area contributed by atoms with Crippen molar-refractivity contribution in [3.63, 3.8) is 0 Å². The van der Waals surface area contributed by atoms with Gasteiger partial charge in [-0.2, -0.15) is 0 Å². The molecular formula is C22H17Cl2NO3. The van der Waals surface area contributed by atoms with Crippen LogP contribution in [0.3, 0.4) is 0 Å². The van der Waals surface area contributed by atoms with Gasteiger partial charge in [-0.05, 0) is 79.7 Å². The van der Waals surface area contributed by atoms with E-state index >= 15 is 0 Å². The molecule has 0 saturated carbocycles. The molecule has 1 atom stereocenters. The highest BCUT2D eigenvalue weighted by molar-refractivity contribution is 6.31. The monoisotopic (exact) mass is 413 g/mol. The molecule has 0 spiro atoms. The van der Waals surface area contributed by atoms with Crippen molar-refractivity contribution in [3.8, 4) is 5.75 Å². The summed E-state index contributed by atoms with van der Waals surface area (Å²) in [5.41, 5.74) is 1.65. The lowest BCUT2D eigenvalue weighted by atomic mass is 10.1. The molecule has 142 valence electrons. The number of ether oxygens (including phenoxy) is 1. The summed E-state index contributed by atoms with van der Waals surface area (Å²) in [7, 11) is 0. The molecule has 0 heterocycles. The summed E-state index contributed by atoms with van der Waals surface area (Å²) < 4.78 is 5.71. The molecule has 28 heavy (non-hydrogen) atoms. The van der Waals surface area contributed by atoms with E-state index in [-0.39, 0.29) is 11.7 Å². The van der Waals surface area contributed by atoms with E-state index in [1.54, 1.807) is 79.7 Å². The molecule has 0 bridgehead atoms. The third-order valence-corrected chi connectivity index (χ3v) is 4.53. The Balaban J connectivity index is 1.60. The largest absolute Gasteiger partial charge is 0.483 e. The molecule has 1 N–H and O–H groups in total. The normalized spacial score (nSPS) is 11.5. The van der Waals surface area contributed by atoms with E-state index in [2.05, 4.69) is 5.32 Å². The highest BCUT2D eigenvalue weighted by Gasteiger charge is 2.17. The first kappa shape index (κ1) is 19.9. The van der Waals surface area contributed by atoms with Gasteiger partial charge in [0.1, 0.15) is 5.75 Å². The molecule has 6 heteroatoms. The molecule has 0 aliphatic heterocycles. The van der Waals surface area contributed by atoms with Crippen LogP contribution in [0, 0.1) is 0 Å². The van der Waals surface area contributed by atoms with Gasteiger partial charge in [-0.15, -0.1) is 0 Å². The maximum absolute atomic E-state index is 12.4. The molecule has 4 nitrogen and oxygen atoms in total. The fourth-order valence-corrected chi connectivity index (χ4v) is 2.78. The van der Waals surface area contributed by atoms with Crippen LogP contribution in [0.15, 0.2) is 72.8 Å². The summed E-state index contributed by atoms with van der Waals surface area (Å²) in [5, 5.41) is 3.94. The zero-order chi connectivity index (χ0) is 20.1. The maximum Gasteiger partial charge on any atom is 0.255 e. The molecule has 0 saturated heterocycles. The van der Waals surface area contributed by atoms with Gasteiger partial charge in [0.15, 0.2) is 6.10 Å². The number of nitrogens with one attached hydrogen (secondary N) is 1. The lowest BCUT2D eigenvalue weighted by Gasteiger charge is -2.14. The number of rotatable bonds is 6. The van der Waals surface area contributed by atoms with Gasteiger partial charge in [0, 0.05) is 26.9 Å². The van der Waals surface area contributed by atoms with Gasteiger partial charge in [0.05, 0.1) is 0 Å². The van der Waals surface area contributed by atoms with Crippen molar-refractivity contribution in [2.45, 2.75) is 13.0 Å². The second kappa shape index (κ2) is 8.91. The van der Waals surface area contributed by atoms with Crippen LogP contribution in [-0.2, 0) is 0 Å². The Morgan fingerprint density at radius 2 is 1.29 bits per heavy atom. The molecular weight excluding hydrogens is 397 g/mol. The van der Waals surface area contributed by atoms with Crippen molar-refractivity contribution in [1.29, 1.82) is 0 Å². The van der Waals surface area contributed by atoms with Gasteiger partial charge in [0.25, 0.3) is 5.91 Å². The molecule has 3 aromatic rings. The molecule has 0 radical (unpaired) electrons. The highest BCUT2D eigenvalue weighted by atomic mass is 35.5. The first-order valence-corrected chi connectivity index (χ1v) is 9.31. The van der Waals surface area contributed by atoms with Crippen LogP contribution in [-0.4, -0.2) is 17.8 Å². The number of carbonyl (C=O) groups excluding carboxylic acids is 2. The third kappa shape index (κ3) is 5.12. The average Bonchev–Trinajstić information content (AvgIpc) is 2.70. The Labute approximate surface area is 173 Å². The summed E-state index contributed by atoms with van der Waals surface area (Å²) in [6, 6.07) is 20.1. The predicted octanol–water partition coefficient (Wildman–Crippen LogP) is 5.90. The molecule has 3 aromatic carbocycles. The lowest BCUT2D eigenvalue weighted by Crippen LogP contribution is -2.23. The van der Waals surface area contributed by atoms with Crippen LogP contribution in [0.5, 0.6) is 5.75 Å². The van der Waals surface area contributed by atoms with Crippen molar-refractivity contribution in [2.24, 2.45) is 0 Å². The van der Waals surface area contributed by atoms with Crippen molar-refractivity contribution >= 4 is 40.6 Å². The second-order valence-electron chi connectivity index (χ2n) is 6.12. The summed E-state index contributed by atoms with van der Waals surface area (Å²) in [6.07, 6.45) is -0.657.